The van der Waals surface area contributed by atoms with Crippen molar-refractivity contribution in [2.24, 2.45) is 11.3 Å². The highest BCUT2D eigenvalue weighted by molar-refractivity contribution is 5.64. The number of carboxylic acid groups (broad SMARTS) is 1. The second-order valence-electron chi connectivity index (χ2n) is 4.85. The maximum absolute atomic E-state index is 10.2. The molecule has 84 valence electrons. The van der Waals surface area contributed by atoms with Crippen LogP contribution in [0.5, 0.6) is 0 Å². The van der Waals surface area contributed by atoms with E-state index in [1.807, 2.05) is 0 Å². The van der Waals surface area contributed by atoms with E-state index in [1.165, 1.54) is 6.42 Å². The molecule has 14 heavy (non-hydrogen) atoms. The van der Waals surface area contributed by atoms with Crippen molar-refractivity contribution in [3.63, 3.8) is 0 Å². The Morgan fingerprint density at radius 1 is 1.50 bits per heavy atom. The van der Waals surface area contributed by atoms with Gasteiger partial charge in [-0.1, -0.05) is 34.1 Å². The molecule has 0 aromatic heterocycles. The van der Waals surface area contributed by atoms with E-state index in [-0.39, 0.29) is 0 Å². The second kappa shape index (κ2) is 5.89. The molecule has 0 aliphatic heterocycles. The van der Waals surface area contributed by atoms with Gasteiger partial charge in [-0.15, -0.1) is 0 Å². The second-order valence-corrected chi connectivity index (χ2v) is 4.85. The lowest BCUT2D eigenvalue weighted by molar-refractivity contribution is 0.192. The fourth-order valence-corrected chi connectivity index (χ4v) is 1.62. The lowest BCUT2D eigenvalue weighted by Gasteiger charge is -2.26. The standard InChI is InChI=1S/C11H23NO2/c1-5-11(3,4)8-9(2)6-7-12-10(13)14/h9,12H,5-8H2,1-4H3,(H,13,14). The summed E-state index contributed by atoms with van der Waals surface area (Å²) in [6, 6.07) is 0. The molecule has 1 unspecified atom stereocenters. The molecular formula is C11H23NO2. The number of nitrogens with one attached hydrogen (secondary N) is 1. The minimum Gasteiger partial charge on any atom is -0.465 e. The first-order valence-corrected chi connectivity index (χ1v) is 5.34. The van der Waals surface area contributed by atoms with Crippen LogP contribution in [-0.4, -0.2) is 17.7 Å². The minimum atomic E-state index is -0.924. The van der Waals surface area contributed by atoms with Crippen molar-refractivity contribution < 1.29 is 9.90 Å². The summed E-state index contributed by atoms with van der Waals surface area (Å²) in [7, 11) is 0. The van der Waals surface area contributed by atoms with Crippen LogP contribution in [0.1, 0.15) is 47.0 Å². The first-order chi connectivity index (χ1) is 6.37. The predicted octanol–water partition coefficient (Wildman–Crippen LogP) is 3.11. The van der Waals surface area contributed by atoms with Crippen LogP contribution >= 0.6 is 0 Å². The summed E-state index contributed by atoms with van der Waals surface area (Å²) in [6.45, 7) is 9.46. The monoisotopic (exact) mass is 201 g/mol. The van der Waals surface area contributed by atoms with E-state index in [9.17, 15) is 4.79 Å². The van der Waals surface area contributed by atoms with Crippen LogP contribution in [0.15, 0.2) is 0 Å². The van der Waals surface area contributed by atoms with Crippen molar-refractivity contribution in [3.05, 3.63) is 0 Å². The Morgan fingerprint density at radius 2 is 2.07 bits per heavy atom. The molecule has 0 aliphatic carbocycles. The molecule has 0 aromatic rings. The molecule has 0 spiro atoms. The topological polar surface area (TPSA) is 49.3 Å². The van der Waals surface area contributed by atoms with E-state index in [0.717, 1.165) is 12.8 Å². The molecule has 0 bridgehead atoms. The lowest BCUT2D eigenvalue weighted by atomic mass is 9.80. The average molecular weight is 201 g/mol. The van der Waals surface area contributed by atoms with Crippen molar-refractivity contribution in [2.75, 3.05) is 6.54 Å². The molecule has 3 nitrogen and oxygen atoms in total. The van der Waals surface area contributed by atoms with Gasteiger partial charge in [0.05, 0.1) is 0 Å². The van der Waals surface area contributed by atoms with Gasteiger partial charge in [0, 0.05) is 6.54 Å². The maximum atomic E-state index is 10.2. The van der Waals surface area contributed by atoms with E-state index in [0.29, 0.717) is 17.9 Å². The molecular weight excluding hydrogens is 178 g/mol. The Morgan fingerprint density at radius 3 is 2.50 bits per heavy atom. The SMILES string of the molecule is CCC(C)(C)CC(C)CCNC(=O)O. The molecule has 0 saturated heterocycles. The Hall–Kier alpha value is -0.730. The predicted molar refractivity (Wildman–Crippen MR) is 58.5 cm³/mol. The van der Waals surface area contributed by atoms with Gasteiger partial charge >= 0.3 is 6.09 Å². The smallest absolute Gasteiger partial charge is 0.404 e. The average Bonchev–Trinajstić information content (AvgIpc) is 2.02. The maximum Gasteiger partial charge on any atom is 0.404 e. The fraction of sp³-hybridized carbons (Fsp3) is 0.909. The normalized spacial score (nSPS) is 13.7. The molecule has 0 aromatic carbocycles. The zero-order valence-corrected chi connectivity index (χ0v) is 9.76. The van der Waals surface area contributed by atoms with Gasteiger partial charge in [-0.2, -0.15) is 0 Å². The lowest BCUT2D eigenvalue weighted by Crippen LogP contribution is -2.24. The molecule has 0 aliphatic rings. The quantitative estimate of drug-likeness (QED) is 0.693. The molecule has 1 amide bonds. The molecule has 0 saturated carbocycles. The summed E-state index contributed by atoms with van der Waals surface area (Å²) in [5, 5.41) is 10.8. The van der Waals surface area contributed by atoms with E-state index >= 15 is 0 Å². The Bertz CT molecular complexity index is 178. The third kappa shape index (κ3) is 6.75. The van der Waals surface area contributed by atoms with E-state index in [4.69, 9.17) is 5.11 Å². The van der Waals surface area contributed by atoms with Gasteiger partial charge in [0.15, 0.2) is 0 Å². The van der Waals surface area contributed by atoms with Gasteiger partial charge in [-0.3, -0.25) is 0 Å². The summed E-state index contributed by atoms with van der Waals surface area (Å²) >= 11 is 0. The first-order valence-electron chi connectivity index (χ1n) is 5.34. The van der Waals surface area contributed by atoms with Crippen molar-refractivity contribution in [1.82, 2.24) is 5.32 Å². The molecule has 0 heterocycles. The Balaban J connectivity index is 3.65. The van der Waals surface area contributed by atoms with Crippen LogP contribution in [0.3, 0.4) is 0 Å². The van der Waals surface area contributed by atoms with E-state index in [2.05, 4.69) is 33.0 Å². The molecule has 2 N–H and O–H groups in total. The van der Waals surface area contributed by atoms with Crippen LogP contribution in [0.25, 0.3) is 0 Å². The van der Waals surface area contributed by atoms with Crippen molar-refractivity contribution in [2.45, 2.75) is 47.0 Å². The largest absolute Gasteiger partial charge is 0.465 e. The zero-order chi connectivity index (χ0) is 11.2. The summed E-state index contributed by atoms with van der Waals surface area (Å²) < 4.78 is 0. The number of carbonyl (C=O) groups is 1. The van der Waals surface area contributed by atoms with Crippen LogP contribution in [0.4, 0.5) is 4.79 Å². The zero-order valence-electron chi connectivity index (χ0n) is 9.76. The van der Waals surface area contributed by atoms with Crippen molar-refractivity contribution in [1.29, 1.82) is 0 Å². The number of amides is 1. The van der Waals surface area contributed by atoms with Crippen LogP contribution in [0, 0.1) is 11.3 Å². The summed E-state index contributed by atoms with van der Waals surface area (Å²) in [6.07, 6.45) is 2.33. The number of hydrogen-bond donors (Lipinski definition) is 2. The molecule has 0 rings (SSSR count). The minimum absolute atomic E-state index is 0.378. The highest BCUT2D eigenvalue weighted by Gasteiger charge is 2.18. The third-order valence-electron chi connectivity index (χ3n) is 2.77. The van der Waals surface area contributed by atoms with Gasteiger partial charge in [0.2, 0.25) is 0 Å². The number of rotatable bonds is 6. The highest BCUT2D eigenvalue weighted by atomic mass is 16.4. The van der Waals surface area contributed by atoms with Gasteiger partial charge in [-0.05, 0) is 24.2 Å². The third-order valence-corrected chi connectivity index (χ3v) is 2.77. The summed E-state index contributed by atoms with van der Waals surface area (Å²) in [5.74, 6) is 0.580. The van der Waals surface area contributed by atoms with Gasteiger partial charge in [0.1, 0.15) is 0 Å². The highest BCUT2D eigenvalue weighted by Crippen LogP contribution is 2.29. The van der Waals surface area contributed by atoms with Crippen molar-refractivity contribution >= 4 is 6.09 Å². The van der Waals surface area contributed by atoms with Crippen molar-refractivity contribution in [3.8, 4) is 0 Å². The van der Waals surface area contributed by atoms with Crippen LogP contribution < -0.4 is 5.32 Å². The Kier molecular flexibility index (Phi) is 5.58. The summed E-state index contributed by atoms with van der Waals surface area (Å²) in [5.41, 5.74) is 0.378. The van der Waals surface area contributed by atoms with Crippen LogP contribution in [0.2, 0.25) is 0 Å². The molecule has 1 atom stereocenters. The summed E-state index contributed by atoms with van der Waals surface area (Å²) in [4.78, 5) is 10.2. The molecule has 0 fully saturated rings. The van der Waals surface area contributed by atoms with Crippen LogP contribution in [-0.2, 0) is 0 Å². The van der Waals surface area contributed by atoms with Gasteiger partial charge in [0.25, 0.3) is 0 Å². The van der Waals surface area contributed by atoms with E-state index < -0.39 is 6.09 Å². The fourth-order valence-electron chi connectivity index (χ4n) is 1.62. The number of hydrogen-bond acceptors (Lipinski definition) is 1. The Labute approximate surface area is 86.9 Å². The molecule has 3 heteroatoms. The van der Waals surface area contributed by atoms with Gasteiger partial charge in [-0.25, -0.2) is 4.79 Å². The van der Waals surface area contributed by atoms with E-state index in [1.54, 1.807) is 0 Å². The first kappa shape index (κ1) is 13.3. The van der Waals surface area contributed by atoms with Gasteiger partial charge < -0.3 is 10.4 Å². The molecule has 0 radical (unpaired) electrons.